The molecule has 1 amide bonds. The molecule has 3 N–H and O–H groups in total. The predicted molar refractivity (Wildman–Crippen MR) is 64.0 cm³/mol. The van der Waals surface area contributed by atoms with Crippen LogP contribution in [0.25, 0.3) is 0 Å². The predicted octanol–water partition coefficient (Wildman–Crippen LogP) is 1.25. The van der Waals surface area contributed by atoms with Gasteiger partial charge in [-0.15, -0.1) is 12.4 Å². The van der Waals surface area contributed by atoms with Crippen LogP contribution < -0.4 is 11.1 Å². The van der Waals surface area contributed by atoms with Crippen molar-refractivity contribution in [2.45, 2.75) is 12.8 Å². The topological polar surface area (TPSA) is 55.1 Å². The summed E-state index contributed by atoms with van der Waals surface area (Å²) in [5.74, 6) is -0.281. The van der Waals surface area contributed by atoms with Gasteiger partial charge in [-0.1, -0.05) is 12.1 Å². The van der Waals surface area contributed by atoms with E-state index in [0.717, 1.165) is 5.56 Å². The van der Waals surface area contributed by atoms with Crippen LogP contribution in [0, 0.1) is 5.82 Å². The van der Waals surface area contributed by atoms with Crippen molar-refractivity contribution in [1.29, 1.82) is 0 Å². The van der Waals surface area contributed by atoms with Gasteiger partial charge in [0.1, 0.15) is 5.82 Å². The van der Waals surface area contributed by atoms with E-state index in [1.54, 1.807) is 12.1 Å². The third-order valence-corrected chi connectivity index (χ3v) is 2.02. The van der Waals surface area contributed by atoms with Crippen molar-refractivity contribution in [2.75, 3.05) is 13.1 Å². The first-order chi connectivity index (χ1) is 7.22. The summed E-state index contributed by atoms with van der Waals surface area (Å²) in [5.41, 5.74) is 6.20. The van der Waals surface area contributed by atoms with Crippen LogP contribution in [0.4, 0.5) is 4.39 Å². The van der Waals surface area contributed by atoms with Crippen molar-refractivity contribution < 1.29 is 9.18 Å². The van der Waals surface area contributed by atoms with E-state index < -0.39 is 0 Å². The maximum Gasteiger partial charge on any atom is 0.220 e. The molecule has 0 aliphatic rings. The Kier molecular flexibility index (Phi) is 7.50. The molecular weight excluding hydrogens is 231 g/mol. The van der Waals surface area contributed by atoms with E-state index in [1.165, 1.54) is 12.1 Å². The molecule has 0 spiro atoms. The number of nitrogens with one attached hydrogen (secondary N) is 1. The molecule has 1 aromatic carbocycles. The molecule has 0 aromatic heterocycles. The van der Waals surface area contributed by atoms with Gasteiger partial charge in [-0.25, -0.2) is 4.39 Å². The molecular formula is C11H16ClFN2O. The minimum Gasteiger partial charge on any atom is -0.355 e. The number of carbonyl (C=O) groups excluding carboxylic acids is 1. The van der Waals surface area contributed by atoms with Crippen LogP contribution in [0.5, 0.6) is 0 Å². The Balaban J connectivity index is 0.00000225. The van der Waals surface area contributed by atoms with E-state index in [-0.39, 0.29) is 24.1 Å². The van der Waals surface area contributed by atoms with Crippen LogP contribution >= 0.6 is 12.4 Å². The molecule has 0 unspecified atom stereocenters. The summed E-state index contributed by atoms with van der Waals surface area (Å²) in [5, 5.41) is 2.68. The molecule has 0 saturated carbocycles. The van der Waals surface area contributed by atoms with Crippen molar-refractivity contribution in [2.24, 2.45) is 5.73 Å². The summed E-state index contributed by atoms with van der Waals surface area (Å²) >= 11 is 0. The summed E-state index contributed by atoms with van der Waals surface area (Å²) in [6.45, 7) is 0.949. The van der Waals surface area contributed by atoms with Gasteiger partial charge in [-0.3, -0.25) is 4.79 Å². The van der Waals surface area contributed by atoms with Crippen LogP contribution in [-0.2, 0) is 11.2 Å². The Morgan fingerprint density at radius 3 is 2.50 bits per heavy atom. The van der Waals surface area contributed by atoms with E-state index >= 15 is 0 Å². The van der Waals surface area contributed by atoms with Gasteiger partial charge < -0.3 is 11.1 Å². The summed E-state index contributed by atoms with van der Waals surface area (Å²) in [4.78, 5) is 11.2. The quantitative estimate of drug-likeness (QED) is 0.822. The lowest BCUT2D eigenvalue weighted by Gasteiger charge is -2.03. The number of aryl methyl sites for hydroxylation is 1. The minimum atomic E-state index is -0.258. The lowest BCUT2D eigenvalue weighted by atomic mass is 10.1. The fraction of sp³-hybridized carbons (Fsp3) is 0.364. The third kappa shape index (κ3) is 5.68. The second kappa shape index (κ2) is 8.07. The zero-order chi connectivity index (χ0) is 11.1. The Morgan fingerprint density at radius 1 is 1.31 bits per heavy atom. The molecule has 90 valence electrons. The third-order valence-electron chi connectivity index (χ3n) is 2.02. The van der Waals surface area contributed by atoms with Gasteiger partial charge in [0, 0.05) is 19.5 Å². The first-order valence-corrected chi connectivity index (χ1v) is 4.93. The van der Waals surface area contributed by atoms with Crippen LogP contribution in [-0.4, -0.2) is 19.0 Å². The average Bonchev–Trinajstić information content (AvgIpc) is 2.25. The lowest BCUT2D eigenvalue weighted by molar-refractivity contribution is -0.120. The minimum absolute atomic E-state index is 0. The van der Waals surface area contributed by atoms with Gasteiger partial charge in [0.25, 0.3) is 0 Å². The number of hydrogen-bond donors (Lipinski definition) is 2. The molecule has 0 bridgehead atoms. The standard InChI is InChI=1S/C11H15FN2O.ClH/c12-10-4-1-9(2-5-10)3-6-11(15)14-8-7-13;/h1-2,4-5H,3,6-8,13H2,(H,14,15);1H. The lowest BCUT2D eigenvalue weighted by Crippen LogP contribution is -2.29. The van der Waals surface area contributed by atoms with E-state index in [9.17, 15) is 9.18 Å². The highest BCUT2D eigenvalue weighted by molar-refractivity contribution is 5.85. The fourth-order valence-corrected chi connectivity index (χ4v) is 1.21. The summed E-state index contributed by atoms with van der Waals surface area (Å²) in [6, 6.07) is 6.16. The SMILES string of the molecule is Cl.NCCNC(=O)CCc1ccc(F)cc1. The molecule has 3 nitrogen and oxygen atoms in total. The number of halogens is 2. The Morgan fingerprint density at radius 2 is 1.94 bits per heavy atom. The maximum atomic E-state index is 12.6. The molecule has 0 saturated heterocycles. The van der Waals surface area contributed by atoms with Crippen LogP contribution in [0.1, 0.15) is 12.0 Å². The molecule has 16 heavy (non-hydrogen) atoms. The molecule has 5 heteroatoms. The highest BCUT2D eigenvalue weighted by Crippen LogP contribution is 2.05. The summed E-state index contributed by atoms with van der Waals surface area (Å²) < 4.78 is 12.6. The molecule has 0 radical (unpaired) electrons. The van der Waals surface area contributed by atoms with E-state index in [4.69, 9.17) is 5.73 Å². The van der Waals surface area contributed by atoms with E-state index in [0.29, 0.717) is 25.9 Å². The van der Waals surface area contributed by atoms with Crippen molar-refractivity contribution in [3.63, 3.8) is 0 Å². The molecule has 1 aromatic rings. The van der Waals surface area contributed by atoms with Crippen LogP contribution in [0.2, 0.25) is 0 Å². The van der Waals surface area contributed by atoms with Gasteiger partial charge in [0.2, 0.25) is 5.91 Å². The smallest absolute Gasteiger partial charge is 0.220 e. The van der Waals surface area contributed by atoms with Crippen molar-refractivity contribution in [3.8, 4) is 0 Å². The van der Waals surface area contributed by atoms with Crippen LogP contribution in [0.3, 0.4) is 0 Å². The normalized spacial score (nSPS) is 9.38. The molecule has 1 rings (SSSR count). The van der Waals surface area contributed by atoms with Crippen molar-refractivity contribution >= 4 is 18.3 Å². The highest BCUT2D eigenvalue weighted by atomic mass is 35.5. The highest BCUT2D eigenvalue weighted by Gasteiger charge is 2.01. The number of carbonyl (C=O) groups is 1. The number of amides is 1. The van der Waals surface area contributed by atoms with Gasteiger partial charge in [-0.05, 0) is 24.1 Å². The number of rotatable bonds is 5. The number of nitrogens with two attached hydrogens (primary N) is 1. The van der Waals surface area contributed by atoms with Gasteiger partial charge in [-0.2, -0.15) is 0 Å². The zero-order valence-electron chi connectivity index (χ0n) is 8.91. The second-order valence-corrected chi connectivity index (χ2v) is 3.27. The monoisotopic (exact) mass is 246 g/mol. The molecule has 0 aliphatic carbocycles. The molecule has 0 aliphatic heterocycles. The first kappa shape index (κ1) is 14.9. The van der Waals surface area contributed by atoms with Gasteiger partial charge in [0.15, 0.2) is 0 Å². The van der Waals surface area contributed by atoms with E-state index in [1.807, 2.05) is 0 Å². The summed E-state index contributed by atoms with van der Waals surface area (Å²) in [7, 11) is 0. The summed E-state index contributed by atoms with van der Waals surface area (Å²) in [6.07, 6.45) is 1.03. The Bertz CT molecular complexity index is 316. The van der Waals surface area contributed by atoms with Crippen molar-refractivity contribution in [3.05, 3.63) is 35.6 Å². The van der Waals surface area contributed by atoms with E-state index in [2.05, 4.69) is 5.32 Å². The largest absolute Gasteiger partial charge is 0.355 e. The average molecular weight is 247 g/mol. The molecule has 0 heterocycles. The zero-order valence-corrected chi connectivity index (χ0v) is 9.73. The number of benzene rings is 1. The van der Waals surface area contributed by atoms with Gasteiger partial charge >= 0.3 is 0 Å². The first-order valence-electron chi connectivity index (χ1n) is 4.93. The molecule has 0 fully saturated rings. The molecule has 0 atom stereocenters. The van der Waals surface area contributed by atoms with Crippen molar-refractivity contribution in [1.82, 2.24) is 5.32 Å². The van der Waals surface area contributed by atoms with Crippen LogP contribution in [0.15, 0.2) is 24.3 Å². The fourth-order valence-electron chi connectivity index (χ4n) is 1.21. The maximum absolute atomic E-state index is 12.6. The van der Waals surface area contributed by atoms with Gasteiger partial charge in [0.05, 0.1) is 0 Å². The number of hydrogen-bond acceptors (Lipinski definition) is 2. The second-order valence-electron chi connectivity index (χ2n) is 3.27. The Labute approximate surface area is 101 Å². The Hall–Kier alpha value is -1.13.